The number of aromatic nitrogens is 3. The molecule has 0 radical (unpaired) electrons. The quantitative estimate of drug-likeness (QED) is 0.685. The summed E-state index contributed by atoms with van der Waals surface area (Å²) in [4.78, 5) is 8.84. The third kappa shape index (κ3) is 2.02. The normalized spacial score (nSPS) is 13.0. The van der Waals surface area contributed by atoms with Gasteiger partial charge in [0.2, 0.25) is 5.89 Å². The van der Waals surface area contributed by atoms with E-state index in [0.29, 0.717) is 11.8 Å². The van der Waals surface area contributed by atoms with Crippen molar-refractivity contribution in [3.05, 3.63) is 47.9 Å². The zero-order valence-electron chi connectivity index (χ0n) is 10.8. The summed E-state index contributed by atoms with van der Waals surface area (Å²) in [6.45, 7) is 3.92. The highest BCUT2D eigenvalue weighted by Gasteiger charge is 2.19. The van der Waals surface area contributed by atoms with Gasteiger partial charge >= 0.3 is 0 Å². The van der Waals surface area contributed by atoms with Crippen LogP contribution < -0.4 is 0 Å². The second-order valence-electron chi connectivity index (χ2n) is 4.51. The molecule has 0 amide bonds. The number of para-hydroxylation sites is 2. The Kier molecular flexibility index (Phi) is 3.03. The van der Waals surface area contributed by atoms with Crippen LogP contribution in [-0.2, 0) is 5.88 Å². The van der Waals surface area contributed by atoms with E-state index in [1.165, 1.54) is 0 Å². The van der Waals surface area contributed by atoms with E-state index in [2.05, 4.69) is 14.5 Å². The molecule has 0 N–H and O–H groups in total. The summed E-state index contributed by atoms with van der Waals surface area (Å²) in [6.07, 6.45) is 1.73. The number of rotatable bonds is 3. The molecule has 2 heterocycles. The van der Waals surface area contributed by atoms with Crippen LogP contribution in [0.4, 0.5) is 0 Å². The maximum absolute atomic E-state index is 6.01. The molecule has 4 nitrogen and oxygen atoms in total. The molecule has 0 aliphatic heterocycles. The molecule has 3 rings (SSSR count). The molecule has 0 aliphatic carbocycles. The van der Waals surface area contributed by atoms with E-state index in [1.807, 2.05) is 38.1 Å². The Hall–Kier alpha value is -1.81. The Labute approximate surface area is 116 Å². The maximum Gasteiger partial charge on any atom is 0.217 e. The summed E-state index contributed by atoms with van der Waals surface area (Å²) >= 11 is 6.01. The SMILES string of the molecule is Cc1cnc(C(C)n2c(CCl)nc3ccccc32)o1. The van der Waals surface area contributed by atoms with Crippen LogP contribution in [0.1, 0.15) is 30.4 Å². The number of hydrogen-bond acceptors (Lipinski definition) is 3. The largest absolute Gasteiger partial charge is 0.444 e. The number of hydrogen-bond donors (Lipinski definition) is 0. The Balaban J connectivity index is 2.17. The molecule has 5 heteroatoms. The number of aryl methyl sites for hydroxylation is 1. The first-order valence-corrected chi connectivity index (χ1v) is 6.68. The monoisotopic (exact) mass is 275 g/mol. The van der Waals surface area contributed by atoms with E-state index in [-0.39, 0.29) is 6.04 Å². The lowest BCUT2D eigenvalue weighted by molar-refractivity contribution is 0.415. The van der Waals surface area contributed by atoms with Crippen LogP contribution >= 0.6 is 11.6 Å². The van der Waals surface area contributed by atoms with Crippen LogP contribution in [-0.4, -0.2) is 14.5 Å². The smallest absolute Gasteiger partial charge is 0.217 e. The summed E-state index contributed by atoms with van der Waals surface area (Å²) in [5.41, 5.74) is 1.98. The highest BCUT2D eigenvalue weighted by molar-refractivity contribution is 6.16. The van der Waals surface area contributed by atoms with Gasteiger partial charge in [0.1, 0.15) is 17.6 Å². The molecule has 19 heavy (non-hydrogen) atoms. The first-order valence-electron chi connectivity index (χ1n) is 6.15. The lowest BCUT2D eigenvalue weighted by Crippen LogP contribution is -2.10. The van der Waals surface area contributed by atoms with Gasteiger partial charge in [0.15, 0.2) is 0 Å². The third-order valence-electron chi connectivity index (χ3n) is 3.17. The molecular formula is C14H14ClN3O. The molecule has 1 aromatic carbocycles. The fourth-order valence-electron chi connectivity index (χ4n) is 2.30. The fourth-order valence-corrected chi connectivity index (χ4v) is 2.49. The van der Waals surface area contributed by atoms with Gasteiger partial charge in [-0.25, -0.2) is 9.97 Å². The third-order valence-corrected chi connectivity index (χ3v) is 3.41. The second kappa shape index (κ2) is 4.70. The zero-order valence-corrected chi connectivity index (χ0v) is 11.6. The van der Waals surface area contributed by atoms with Crippen molar-refractivity contribution in [3.8, 4) is 0 Å². The molecular weight excluding hydrogens is 262 g/mol. The lowest BCUT2D eigenvalue weighted by atomic mass is 10.2. The topological polar surface area (TPSA) is 43.9 Å². The molecule has 0 bridgehead atoms. The first-order chi connectivity index (χ1) is 9.20. The zero-order chi connectivity index (χ0) is 13.4. The molecule has 0 fully saturated rings. The molecule has 0 saturated carbocycles. The van der Waals surface area contributed by atoms with E-state index in [9.17, 15) is 0 Å². The van der Waals surface area contributed by atoms with Gasteiger partial charge in [0.05, 0.1) is 23.1 Å². The molecule has 2 aromatic heterocycles. The summed E-state index contributed by atoms with van der Waals surface area (Å²) in [5, 5.41) is 0. The van der Waals surface area contributed by atoms with Crippen LogP contribution in [0.25, 0.3) is 11.0 Å². The number of nitrogens with zero attached hydrogens (tertiary/aromatic N) is 3. The Morgan fingerprint density at radius 1 is 1.37 bits per heavy atom. The van der Waals surface area contributed by atoms with Crippen molar-refractivity contribution in [2.75, 3.05) is 0 Å². The highest BCUT2D eigenvalue weighted by atomic mass is 35.5. The van der Waals surface area contributed by atoms with Crippen LogP contribution in [0.15, 0.2) is 34.9 Å². The van der Waals surface area contributed by atoms with Gasteiger partial charge in [-0.05, 0) is 26.0 Å². The molecule has 1 atom stereocenters. The van der Waals surface area contributed by atoms with Crippen molar-refractivity contribution >= 4 is 22.6 Å². The lowest BCUT2D eigenvalue weighted by Gasteiger charge is -2.13. The van der Waals surface area contributed by atoms with E-state index in [1.54, 1.807) is 6.20 Å². The van der Waals surface area contributed by atoms with Gasteiger partial charge in [-0.1, -0.05) is 12.1 Å². The van der Waals surface area contributed by atoms with Gasteiger partial charge < -0.3 is 8.98 Å². The fraction of sp³-hybridized carbons (Fsp3) is 0.286. The Morgan fingerprint density at radius 2 is 2.16 bits per heavy atom. The predicted molar refractivity (Wildman–Crippen MR) is 74.3 cm³/mol. The van der Waals surface area contributed by atoms with Gasteiger partial charge in [0.25, 0.3) is 0 Å². The minimum atomic E-state index is -0.0325. The van der Waals surface area contributed by atoms with Crippen LogP contribution in [0, 0.1) is 6.92 Å². The predicted octanol–water partition coefficient (Wildman–Crippen LogP) is 3.68. The van der Waals surface area contributed by atoms with E-state index >= 15 is 0 Å². The number of benzene rings is 1. The van der Waals surface area contributed by atoms with Crippen molar-refractivity contribution in [1.29, 1.82) is 0 Å². The summed E-state index contributed by atoms with van der Waals surface area (Å²) < 4.78 is 7.69. The average molecular weight is 276 g/mol. The minimum absolute atomic E-state index is 0.0325. The Morgan fingerprint density at radius 3 is 2.84 bits per heavy atom. The average Bonchev–Trinajstić information content (AvgIpc) is 3.01. The van der Waals surface area contributed by atoms with Crippen molar-refractivity contribution in [2.24, 2.45) is 0 Å². The van der Waals surface area contributed by atoms with Crippen molar-refractivity contribution in [2.45, 2.75) is 25.8 Å². The number of fused-ring (bicyclic) bond motifs is 1. The standard InChI is InChI=1S/C14H14ClN3O/c1-9-8-16-14(19-9)10(2)18-12-6-4-3-5-11(12)17-13(18)7-15/h3-6,8,10H,7H2,1-2H3. The summed E-state index contributed by atoms with van der Waals surface area (Å²) in [6, 6.07) is 7.94. The molecule has 0 saturated heterocycles. The van der Waals surface area contributed by atoms with E-state index in [0.717, 1.165) is 22.6 Å². The minimum Gasteiger partial charge on any atom is -0.444 e. The summed E-state index contributed by atoms with van der Waals surface area (Å²) in [7, 11) is 0. The molecule has 1 unspecified atom stereocenters. The van der Waals surface area contributed by atoms with Crippen molar-refractivity contribution < 1.29 is 4.42 Å². The van der Waals surface area contributed by atoms with Gasteiger partial charge in [-0.2, -0.15) is 0 Å². The van der Waals surface area contributed by atoms with Gasteiger partial charge in [-0.3, -0.25) is 0 Å². The number of imidazole rings is 1. The molecule has 0 spiro atoms. The molecule has 98 valence electrons. The number of halogens is 1. The van der Waals surface area contributed by atoms with Crippen molar-refractivity contribution in [1.82, 2.24) is 14.5 Å². The van der Waals surface area contributed by atoms with E-state index in [4.69, 9.17) is 16.0 Å². The Bertz CT molecular complexity index is 716. The molecule has 3 aromatic rings. The number of oxazole rings is 1. The van der Waals surface area contributed by atoms with Crippen LogP contribution in [0.5, 0.6) is 0 Å². The van der Waals surface area contributed by atoms with Crippen LogP contribution in [0.3, 0.4) is 0 Å². The number of alkyl halides is 1. The highest BCUT2D eigenvalue weighted by Crippen LogP contribution is 2.26. The summed E-state index contributed by atoms with van der Waals surface area (Å²) in [5.74, 6) is 2.66. The van der Waals surface area contributed by atoms with Gasteiger partial charge in [-0.15, -0.1) is 11.6 Å². The molecule has 0 aliphatic rings. The first kappa shape index (κ1) is 12.2. The van der Waals surface area contributed by atoms with E-state index < -0.39 is 0 Å². The van der Waals surface area contributed by atoms with Crippen LogP contribution in [0.2, 0.25) is 0 Å². The second-order valence-corrected chi connectivity index (χ2v) is 4.77. The van der Waals surface area contributed by atoms with Crippen molar-refractivity contribution in [3.63, 3.8) is 0 Å². The maximum atomic E-state index is 6.01. The van der Waals surface area contributed by atoms with Gasteiger partial charge in [0, 0.05) is 0 Å².